The van der Waals surface area contributed by atoms with Gasteiger partial charge in [-0.3, -0.25) is 19.2 Å². The maximum absolute atomic E-state index is 13.7. The summed E-state index contributed by atoms with van der Waals surface area (Å²) in [6.07, 6.45) is 1.36. The van der Waals surface area contributed by atoms with Crippen LogP contribution in [0.5, 0.6) is 17.2 Å². The number of rotatable bonds is 11. The first-order valence-corrected chi connectivity index (χ1v) is 12.1. The highest BCUT2D eigenvalue weighted by molar-refractivity contribution is 7.93. The number of hydrazone groups is 1. The Labute approximate surface area is 213 Å². The van der Waals surface area contributed by atoms with Crippen LogP contribution in [0, 0.1) is 10.1 Å². The van der Waals surface area contributed by atoms with Crippen LogP contribution in [0.3, 0.4) is 0 Å². The largest absolute Gasteiger partial charge is 0.497 e. The van der Waals surface area contributed by atoms with Crippen LogP contribution in [0.1, 0.15) is 5.56 Å². The molecule has 0 aliphatic rings. The number of ether oxygens (including phenoxy) is 3. The highest BCUT2D eigenvalue weighted by Crippen LogP contribution is 2.37. The molecule has 0 heterocycles. The fourth-order valence-electron chi connectivity index (χ4n) is 3.30. The molecule has 12 nitrogen and oxygen atoms in total. The van der Waals surface area contributed by atoms with Gasteiger partial charge in [0.2, 0.25) is 0 Å². The molecule has 3 aromatic rings. The number of nitrogens with one attached hydrogen (secondary N) is 1. The lowest BCUT2D eigenvalue weighted by Gasteiger charge is -2.25. The normalized spacial score (nSPS) is 11.1. The van der Waals surface area contributed by atoms with Crippen molar-refractivity contribution >= 4 is 33.5 Å². The number of carbonyl (C=O) groups excluding carboxylic acids is 1. The zero-order chi connectivity index (χ0) is 27.0. The van der Waals surface area contributed by atoms with Crippen LogP contribution in [0.25, 0.3) is 0 Å². The molecule has 0 saturated carbocycles. The Bertz CT molecular complexity index is 1430. The minimum absolute atomic E-state index is 0.0339. The number of benzene rings is 3. The van der Waals surface area contributed by atoms with Crippen molar-refractivity contribution in [2.45, 2.75) is 4.90 Å². The Kier molecular flexibility index (Phi) is 8.64. The lowest BCUT2D eigenvalue weighted by Crippen LogP contribution is -2.40. The van der Waals surface area contributed by atoms with Gasteiger partial charge in [0, 0.05) is 12.1 Å². The van der Waals surface area contributed by atoms with E-state index in [2.05, 4.69) is 10.5 Å². The molecule has 1 amide bonds. The molecule has 0 bridgehead atoms. The van der Waals surface area contributed by atoms with E-state index >= 15 is 0 Å². The highest BCUT2D eigenvalue weighted by atomic mass is 32.2. The average Bonchev–Trinajstić information content (AvgIpc) is 2.91. The number of anilines is 1. The quantitative estimate of drug-likeness (QED) is 0.227. The molecule has 37 heavy (non-hydrogen) atoms. The van der Waals surface area contributed by atoms with E-state index in [1.165, 1.54) is 57.9 Å². The van der Waals surface area contributed by atoms with Crippen molar-refractivity contribution in [2.24, 2.45) is 5.10 Å². The van der Waals surface area contributed by atoms with E-state index in [9.17, 15) is 23.3 Å². The van der Waals surface area contributed by atoms with Crippen LogP contribution < -0.4 is 23.9 Å². The van der Waals surface area contributed by atoms with Crippen LogP contribution in [0.2, 0.25) is 0 Å². The second kappa shape index (κ2) is 11.9. The SMILES string of the molecule is COc1cccc(/C=N\NC(=O)CN(c2ccc(OC)cc2OC)S(=O)(=O)c2ccccc2[N+](=O)[O-])c1. The first kappa shape index (κ1) is 26.9. The summed E-state index contributed by atoms with van der Waals surface area (Å²) in [4.78, 5) is 23.0. The molecule has 0 aromatic heterocycles. The summed E-state index contributed by atoms with van der Waals surface area (Å²) >= 11 is 0. The van der Waals surface area contributed by atoms with Gasteiger partial charge in [-0.1, -0.05) is 24.3 Å². The Morgan fingerprint density at radius 3 is 2.38 bits per heavy atom. The highest BCUT2D eigenvalue weighted by Gasteiger charge is 2.34. The first-order chi connectivity index (χ1) is 17.7. The molecular weight excluding hydrogens is 504 g/mol. The number of hydrogen-bond donors (Lipinski definition) is 1. The smallest absolute Gasteiger partial charge is 0.289 e. The van der Waals surface area contributed by atoms with Gasteiger partial charge in [0.15, 0.2) is 4.90 Å². The van der Waals surface area contributed by atoms with E-state index in [4.69, 9.17) is 14.2 Å². The molecule has 0 radical (unpaired) electrons. The van der Waals surface area contributed by atoms with E-state index in [-0.39, 0.29) is 11.4 Å². The maximum Gasteiger partial charge on any atom is 0.289 e. The van der Waals surface area contributed by atoms with Crippen molar-refractivity contribution in [1.82, 2.24) is 5.43 Å². The van der Waals surface area contributed by atoms with Crippen LogP contribution in [0.4, 0.5) is 11.4 Å². The van der Waals surface area contributed by atoms with Crippen molar-refractivity contribution in [3.8, 4) is 17.2 Å². The fourth-order valence-corrected chi connectivity index (χ4v) is 4.89. The Balaban J connectivity index is 1.99. The fraction of sp³-hybridized carbons (Fsp3) is 0.167. The van der Waals surface area contributed by atoms with Crippen molar-refractivity contribution in [2.75, 3.05) is 32.2 Å². The van der Waals surface area contributed by atoms with Gasteiger partial charge in [-0.05, 0) is 35.9 Å². The third-order valence-corrected chi connectivity index (χ3v) is 6.88. The minimum Gasteiger partial charge on any atom is -0.497 e. The molecule has 0 fully saturated rings. The van der Waals surface area contributed by atoms with Gasteiger partial charge in [-0.25, -0.2) is 13.8 Å². The Hall–Kier alpha value is -4.65. The van der Waals surface area contributed by atoms with Crippen molar-refractivity contribution < 1.29 is 32.3 Å². The molecule has 1 N–H and O–H groups in total. The summed E-state index contributed by atoms with van der Waals surface area (Å²) < 4.78 is 43.7. The van der Waals surface area contributed by atoms with E-state index in [0.717, 1.165) is 12.1 Å². The Morgan fingerprint density at radius 1 is 1.00 bits per heavy atom. The van der Waals surface area contributed by atoms with Gasteiger partial charge in [0.25, 0.3) is 21.6 Å². The van der Waals surface area contributed by atoms with Gasteiger partial charge in [0.1, 0.15) is 23.8 Å². The van der Waals surface area contributed by atoms with Crippen LogP contribution >= 0.6 is 0 Å². The van der Waals surface area contributed by atoms with E-state index in [0.29, 0.717) is 21.4 Å². The lowest BCUT2D eigenvalue weighted by atomic mass is 10.2. The number of methoxy groups -OCH3 is 3. The molecule has 0 unspecified atom stereocenters. The molecule has 0 saturated heterocycles. The maximum atomic E-state index is 13.7. The third kappa shape index (κ3) is 6.32. The minimum atomic E-state index is -4.62. The van der Waals surface area contributed by atoms with Crippen molar-refractivity contribution in [3.63, 3.8) is 0 Å². The number of para-hydroxylation sites is 1. The third-order valence-electron chi connectivity index (χ3n) is 5.07. The van der Waals surface area contributed by atoms with Crippen molar-refractivity contribution in [1.29, 1.82) is 0 Å². The van der Waals surface area contributed by atoms with E-state index < -0.39 is 38.0 Å². The molecular formula is C24H24N4O8S. The number of nitro benzene ring substituents is 1. The van der Waals surface area contributed by atoms with E-state index in [1.807, 2.05) is 0 Å². The monoisotopic (exact) mass is 528 g/mol. The summed E-state index contributed by atoms with van der Waals surface area (Å²) in [5.41, 5.74) is 2.22. The van der Waals surface area contributed by atoms with Gasteiger partial charge < -0.3 is 14.2 Å². The molecule has 0 aliphatic carbocycles. The van der Waals surface area contributed by atoms with Crippen LogP contribution in [-0.4, -0.2) is 53.3 Å². The van der Waals surface area contributed by atoms with Gasteiger partial charge in [-0.2, -0.15) is 5.10 Å². The van der Waals surface area contributed by atoms with Gasteiger partial charge >= 0.3 is 0 Å². The number of hydrogen-bond acceptors (Lipinski definition) is 9. The summed E-state index contributed by atoms with van der Waals surface area (Å²) in [5.74, 6) is 0.216. The van der Waals surface area contributed by atoms with Crippen LogP contribution in [-0.2, 0) is 14.8 Å². The first-order valence-electron chi connectivity index (χ1n) is 10.7. The molecule has 13 heteroatoms. The molecule has 3 rings (SSSR count). The van der Waals surface area contributed by atoms with Gasteiger partial charge in [-0.15, -0.1) is 0 Å². The second-order valence-electron chi connectivity index (χ2n) is 7.34. The summed E-state index contributed by atoms with van der Waals surface area (Å²) in [6, 6.07) is 16.0. The lowest BCUT2D eigenvalue weighted by molar-refractivity contribution is -0.387. The number of sulfonamides is 1. The topological polar surface area (TPSA) is 150 Å². The Morgan fingerprint density at radius 2 is 1.70 bits per heavy atom. The molecule has 194 valence electrons. The molecule has 0 aliphatic heterocycles. The number of nitro groups is 1. The molecule has 0 atom stereocenters. The standard InChI is InChI=1S/C24H24N4O8S/c1-34-18-8-6-7-17(13-18)15-25-26-24(29)16-27(20-12-11-19(35-2)14-22(20)36-3)37(32,33)23-10-5-4-9-21(23)28(30)31/h4-15H,16H2,1-3H3,(H,26,29)/b25-15-. The van der Waals surface area contributed by atoms with E-state index in [1.54, 1.807) is 24.3 Å². The number of amides is 1. The molecule has 0 spiro atoms. The zero-order valence-electron chi connectivity index (χ0n) is 20.2. The summed E-state index contributed by atoms with van der Waals surface area (Å²) in [6.45, 7) is -0.757. The van der Waals surface area contributed by atoms with Gasteiger partial charge in [0.05, 0.1) is 38.2 Å². The molecule has 3 aromatic carbocycles. The number of nitrogens with zero attached hydrogens (tertiary/aromatic N) is 3. The summed E-state index contributed by atoms with van der Waals surface area (Å²) in [5, 5.41) is 15.4. The average molecular weight is 529 g/mol. The van der Waals surface area contributed by atoms with Crippen molar-refractivity contribution in [3.05, 3.63) is 82.4 Å². The predicted octanol–water partition coefficient (Wildman–Crippen LogP) is 2.97. The predicted molar refractivity (Wildman–Crippen MR) is 136 cm³/mol. The zero-order valence-corrected chi connectivity index (χ0v) is 21.0. The number of carbonyl (C=O) groups is 1. The second-order valence-corrected chi connectivity index (χ2v) is 9.17. The summed E-state index contributed by atoms with van der Waals surface area (Å²) in [7, 11) is -0.377. The van der Waals surface area contributed by atoms with Crippen LogP contribution in [0.15, 0.2) is 76.7 Å².